The minimum absolute atomic E-state index is 0.0158. The first-order chi connectivity index (χ1) is 20.2. The fraction of sp³-hybridized carbons (Fsp3) is 0.412. The lowest BCUT2D eigenvalue weighted by atomic mass is 9.75. The van der Waals surface area contributed by atoms with E-state index in [9.17, 15) is 19.2 Å². The number of carbonyl (C=O) groups is 3. The van der Waals surface area contributed by atoms with Gasteiger partial charge in [-0.3, -0.25) is 19.7 Å². The molecule has 0 aliphatic carbocycles. The van der Waals surface area contributed by atoms with Crippen molar-refractivity contribution in [2.45, 2.75) is 58.4 Å². The van der Waals surface area contributed by atoms with Gasteiger partial charge < -0.3 is 9.47 Å². The first-order valence-corrected chi connectivity index (χ1v) is 15.0. The summed E-state index contributed by atoms with van der Waals surface area (Å²) >= 11 is 0. The van der Waals surface area contributed by atoms with Crippen molar-refractivity contribution in [1.82, 2.24) is 14.8 Å². The van der Waals surface area contributed by atoms with Crippen molar-refractivity contribution in [3.05, 3.63) is 99.5 Å². The summed E-state index contributed by atoms with van der Waals surface area (Å²) in [6, 6.07) is 20.1. The van der Waals surface area contributed by atoms with Gasteiger partial charge in [0.2, 0.25) is 5.91 Å². The van der Waals surface area contributed by atoms with Crippen molar-refractivity contribution in [1.29, 1.82) is 0 Å². The van der Waals surface area contributed by atoms with E-state index in [0.717, 1.165) is 34.6 Å². The topological polar surface area (TPSA) is 91.7 Å². The monoisotopic (exact) mass is 566 g/mol. The highest BCUT2D eigenvalue weighted by Gasteiger charge is 2.55. The van der Waals surface area contributed by atoms with Crippen molar-refractivity contribution >= 4 is 23.5 Å². The average molecular weight is 567 g/mol. The minimum atomic E-state index is -1.50. The molecule has 2 saturated heterocycles. The smallest absolute Gasteiger partial charge is 0.312 e. The van der Waals surface area contributed by atoms with Crippen LogP contribution in [0, 0.1) is 11.3 Å². The average Bonchev–Trinajstić information content (AvgIpc) is 2.97. The molecule has 0 radical (unpaired) electrons. The number of benzene rings is 2. The minimum Gasteiger partial charge on any atom is -0.312 e. The first-order valence-electron chi connectivity index (χ1n) is 15.0. The van der Waals surface area contributed by atoms with Crippen LogP contribution >= 0.6 is 0 Å². The van der Waals surface area contributed by atoms with Gasteiger partial charge in [-0.2, -0.15) is 0 Å². The van der Waals surface area contributed by atoms with Crippen LogP contribution in [-0.4, -0.2) is 46.9 Å². The Morgan fingerprint density at radius 2 is 1.60 bits per heavy atom. The summed E-state index contributed by atoms with van der Waals surface area (Å²) < 4.78 is 1.88. The second-order valence-electron chi connectivity index (χ2n) is 12.5. The Morgan fingerprint density at radius 3 is 2.29 bits per heavy atom. The summed E-state index contributed by atoms with van der Waals surface area (Å²) in [5.74, 6) is -0.329. The van der Waals surface area contributed by atoms with E-state index in [-0.39, 0.29) is 30.4 Å². The van der Waals surface area contributed by atoms with Gasteiger partial charge in [0.25, 0.3) is 11.5 Å². The number of hydrogen-bond donors (Lipinski definition) is 1. The van der Waals surface area contributed by atoms with Crippen molar-refractivity contribution in [3.63, 3.8) is 0 Å². The Morgan fingerprint density at radius 1 is 0.881 bits per heavy atom. The summed E-state index contributed by atoms with van der Waals surface area (Å²) in [6.07, 6.45) is 1.98. The van der Waals surface area contributed by atoms with E-state index in [0.29, 0.717) is 31.2 Å². The van der Waals surface area contributed by atoms with Crippen LogP contribution < -0.4 is 15.8 Å². The number of nitrogens with one attached hydrogen (secondary N) is 1. The molecule has 3 aromatic rings. The van der Waals surface area contributed by atoms with Gasteiger partial charge >= 0.3 is 6.03 Å². The van der Waals surface area contributed by atoms with E-state index in [1.54, 1.807) is 24.3 Å². The molecule has 0 unspecified atom stereocenters. The maximum Gasteiger partial charge on any atom is 0.335 e. The maximum atomic E-state index is 14.5. The van der Waals surface area contributed by atoms with E-state index in [1.165, 1.54) is 5.56 Å². The van der Waals surface area contributed by atoms with E-state index in [4.69, 9.17) is 0 Å². The molecule has 42 heavy (non-hydrogen) atoms. The molecule has 8 nitrogen and oxygen atoms in total. The fourth-order valence-corrected chi connectivity index (χ4v) is 7.02. The van der Waals surface area contributed by atoms with Gasteiger partial charge in [0.15, 0.2) is 0 Å². The van der Waals surface area contributed by atoms with Crippen LogP contribution in [-0.2, 0) is 29.0 Å². The molecule has 2 aromatic carbocycles. The fourth-order valence-electron chi connectivity index (χ4n) is 7.02. The van der Waals surface area contributed by atoms with Gasteiger partial charge in [-0.05, 0) is 66.0 Å². The molecule has 3 atom stereocenters. The Bertz CT molecular complexity index is 1580. The van der Waals surface area contributed by atoms with Gasteiger partial charge in [0.1, 0.15) is 5.41 Å². The van der Waals surface area contributed by atoms with Crippen molar-refractivity contribution in [2.75, 3.05) is 24.5 Å². The molecule has 3 aliphatic rings. The number of urea groups is 1. The third-order valence-electron chi connectivity index (χ3n) is 9.27. The third-order valence-corrected chi connectivity index (χ3v) is 9.27. The Hall–Kier alpha value is -4.04. The number of aryl methyl sites for hydroxylation is 1. The van der Waals surface area contributed by atoms with Gasteiger partial charge in [-0.25, -0.2) is 9.69 Å². The number of imide groups is 2. The number of likely N-dealkylation sites (tertiary alicyclic amines) is 1. The Labute approximate surface area is 246 Å². The molecule has 2 bridgehead atoms. The van der Waals surface area contributed by atoms with E-state index in [2.05, 4.69) is 24.1 Å². The number of barbiturate groups is 1. The van der Waals surface area contributed by atoms with Crippen LogP contribution in [0.5, 0.6) is 0 Å². The number of piperidine rings is 1. The number of carbonyl (C=O) groups excluding carboxylic acids is 3. The molecular weight excluding hydrogens is 528 g/mol. The summed E-state index contributed by atoms with van der Waals surface area (Å²) in [4.78, 5) is 57.5. The summed E-state index contributed by atoms with van der Waals surface area (Å²) in [6.45, 7) is 8.41. The number of rotatable bonds is 7. The van der Waals surface area contributed by atoms with E-state index >= 15 is 0 Å². The van der Waals surface area contributed by atoms with Crippen LogP contribution in [0.3, 0.4) is 0 Å². The number of hydrogen-bond acceptors (Lipinski definition) is 5. The second-order valence-corrected chi connectivity index (χ2v) is 12.5. The zero-order chi connectivity index (χ0) is 29.6. The van der Waals surface area contributed by atoms with Crippen LogP contribution in [0.15, 0.2) is 71.5 Å². The lowest BCUT2D eigenvalue weighted by Crippen LogP contribution is -2.68. The summed E-state index contributed by atoms with van der Waals surface area (Å²) in [7, 11) is 0. The van der Waals surface area contributed by atoms with Crippen LogP contribution in [0.25, 0.3) is 0 Å². The van der Waals surface area contributed by atoms with E-state index < -0.39 is 23.3 Å². The van der Waals surface area contributed by atoms with Gasteiger partial charge in [0.05, 0.1) is 5.69 Å². The highest BCUT2D eigenvalue weighted by atomic mass is 16.2. The van der Waals surface area contributed by atoms with Crippen molar-refractivity contribution in [2.24, 2.45) is 11.3 Å². The molecule has 218 valence electrons. The van der Waals surface area contributed by atoms with Crippen LogP contribution in [0.4, 0.5) is 10.5 Å². The molecular formula is C34H38N4O4. The third kappa shape index (κ3) is 4.98. The van der Waals surface area contributed by atoms with Gasteiger partial charge in [-0.15, -0.1) is 0 Å². The zero-order valence-electron chi connectivity index (χ0n) is 24.5. The summed E-state index contributed by atoms with van der Waals surface area (Å²) in [5, 5.41) is 2.55. The molecule has 1 N–H and O–H groups in total. The van der Waals surface area contributed by atoms with Gasteiger partial charge in [-0.1, -0.05) is 63.2 Å². The zero-order valence-corrected chi connectivity index (χ0v) is 24.5. The highest BCUT2D eigenvalue weighted by Crippen LogP contribution is 2.39. The number of anilines is 1. The largest absolute Gasteiger partial charge is 0.335 e. The molecule has 4 amide bonds. The van der Waals surface area contributed by atoms with Crippen LogP contribution in [0.1, 0.15) is 61.4 Å². The standard InChI is InChI=1S/C34H38N4O4/c1-4-23-10-14-28(15-11-23)38-32(41)34(31(40)35-33(38)42,17-24-8-12-26(13-9-24)22(2)3)21-36-18-25-16-27(20-36)29-6-5-7-30(39)37(29)19-25/h5-15,22,25,27H,4,16-21H2,1-3H3,(H,35,40,42)/t25-,27-,34-/m1/s1. The predicted octanol–water partition coefficient (Wildman–Crippen LogP) is 4.47. The quantitative estimate of drug-likeness (QED) is 0.427. The lowest BCUT2D eigenvalue weighted by molar-refractivity contribution is -0.144. The molecule has 4 heterocycles. The Balaban J connectivity index is 1.37. The van der Waals surface area contributed by atoms with E-state index in [1.807, 2.05) is 54.0 Å². The molecule has 1 aromatic heterocycles. The molecule has 0 saturated carbocycles. The number of pyridine rings is 1. The number of amides is 4. The normalized spacial score (nSPS) is 24.1. The molecule has 3 aliphatic heterocycles. The molecule has 8 heteroatoms. The lowest BCUT2D eigenvalue weighted by Gasteiger charge is -2.47. The SMILES string of the molecule is CCc1ccc(N2C(=O)NC(=O)[C@@](Cc3ccc(C(C)C)cc3)(CN3C[C@H]4C[C@H](C3)c3cccc(=O)n3C4)C2=O)cc1. The number of nitrogens with zero attached hydrogens (tertiary/aromatic N) is 3. The van der Waals surface area contributed by atoms with Crippen molar-refractivity contribution in [3.8, 4) is 0 Å². The Kier molecular flexibility index (Phi) is 7.35. The molecule has 6 rings (SSSR count). The molecule has 0 spiro atoms. The molecule has 2 fully saturated rings. The maximum absolute atomic E-state index is 14.5. The predicted molar refractivity (Wildman–Crippen MR) is 162 cm³/mol. The second kappa shape index (κ2) is 11.0. The highest BCUT2D eigenvalue weighted by molar-refractivity contribution is 6.30. The number of fused-ring (bicyclic) bond motifs is 4. The van der Waals surface area contributed by atoms with Crippen molar-refractivity contribution < 1.29 is 14.4 Å². The first kappa shape index (κ1) is 28.1. The number of aromatic nitrogens is 1. The van der Waals surface area contributed by atoms with Crippen LogP contribution in [0.2, 0.25) is 0 Å². The summed E-state index contributed by atoms with van der Waals surface area (Å²) in [5.41, 5.74) is 3.11. The van der Waals surface area contributed by atoms with Gasteiger partial charge in [0, 0.05) is 43.9 Å².